The fraction of sp³-hybridized carbons (Fsp3) is 0.469. The van der Waals surface area contributed by atoms with Crippen molar-refractivity contribution < 1.29 is 28.2 Å². The number of aryl methyl sites for hydroxylation is 1. The number of benzene rings is 1. The Kier molecular flexibility index (Phi) is 7.56. The summed E-state index contributed by atoms with van der Waals surface area (Å²) in [5.41, 5.74) is 0.545. The lowest BCUT2D eigenvalue weighted by molar-refractivity contribution is 0.0583. The van der Waals surface area contributed by atoms with Crippen molar-refractivity contribution in [2.75, 3.05) is 23.4 Å². The van der Waals surface area contributed by atoms with E-state index in [1.807, 2.05) is 0 Å². The van der Waals surface area contributed by atoms with E-state index in [2.05, 4.69) is 29.8 Å². The minimum atomic E-state index is -0.747. The molecule has 14 heteroatoms. The Morgan fingerprint density at radius 1 is 1.07 bits per heavy atom. The Morgan fingerprint density at radius 2 is 1.76 bits per heavy atom. The zero-order valence-electron chi connectivity index (χ0n) is 27.1. The SMILES string of the molecule is Cc1ncc(Oc2nc(N3CC4CC3CC4=NC(=O)OC(C)(C)C)c3c(n2)[nH]c2c(N(C)C(=O)OC(C)(C)C)cc(F)cc23)cn1. The number of nitrogens with zero attached hydrogens (tertiary/aromatic N) is 7. The van der Waals surface area contributed by atoms with Gasteiger partial charge in [0.15, 0.2) is 5.75 Å². The van der Waals surface area contributed by atoms with Gasteiger partial charge in [0.2, 0.25) is 0 Å². The van der Waals surface area contributed by atoms with Gasteiger partial charge in [-0.2, -0.15) is 15.0 Å². The highest BCUT2D eigenvalue weighted by atomic mass is 19.1. The molecule has 1 saturated carbocycles. The molecule has 1 N–H and O–H groups in total. The Morgan fingerprint density at radius 3 is 2.39 bits per heavy atom. The van der Waals surface area contributed by atoms with Crippen molar-refractivity contribution in [2.24, 2.45) is 10.9 Å². The largest absolute Gasteiger partial charge is 0.443 e. The number of hydrogen-bond acceptors (Lipinski definition) is 10. The number of anilines is 2. The van der Waals surface area contributed by atoms with Gasteiger partial charge in [-0.1, -0.05) is 0 Å². The van der Waals surface area contributed by atoms with Crippen LogP contribution in [0.4, 0.5) is 25.5 Å². The van der Waals surface area contributed by atoms with Crippen LogP contribution in [0, 0.1) is 18.7 Å². The summed E-state index contributed by atoms with van der Waals surface area (Å²) in [6, 6.07) is 2.68. The molecule has 13 nitrogen and oxygen atoms in total. The topological polar surface area (TPSA) is 148 Å². The minimum absolute atomic E-state index is 0.00760. The monoisotopic (exact) mass is 632 g/mol. The van der Waals surface area contributed by atoms with E-state index in [1.165, 1.54) is 36.5 Å². The third-order valence-electron chi connectivity index (χ3n) is 7.69. The van der Waals surface area contributed by atoms with Gasteiger partial charge >= 0.3 is 18.2 Å². The van der Waals surface area contributed by atoms with Gasteiger partial charge in [0.05, 0.1) is 29.0 Å². The lowest BCUT2D eigenvalue weighted by Gasteiger charge is -2.29. The second-order valence-electron chi connectivity index (χ2n) is 13.7. The highest BCUT2D eigenvalue weighted by Crippen LogP contribution is 2.44. The average Bonchev–Trinajstić information content (AvgIpc) is 3.63. The number of halogens is 1. The summed E-state index contributed by atoms with van der Waals surface area (Å²) >= 11 is 0. The van der Waals surface area contributed by atoms with Crippen LogP contribution < -0.4 is 14.5 Å². The predicted molar refractivity (Wildman–Crippen MR) is 170 cm³/mol. The molecule has 1 saturated heterocycles. The van der Waals surface area contributed by atoms with Crippen molar-refractivity contribution in [3.05, 3.63) is 36.2 Å². The maximum absolute atomic E-state index is 15.3. The molecule has 1 aliphatic heterocycles. The number of rotatable bonds is 4. The summed E-state index contributed by atoms with van der Waals surface area (Å²) in [5, 5.41) is 1.06. The molecule has 4 heterocycles. The zero-order valence-corrected chi connectivity index (χ0v) is 27.1. The van der Waals surface area contributed by atoms with Crippen molar-refractivity contribution in [2.45, 2.75) is 78.6 Å². The molecule has 2 aliphatic rings. The number of H-pyrrole nitrogens is 1. The number of nitrogens with one attached hydrogen (secondary N) is 1. The van der Waals surface area contributed by atoms with Gasteiger partial charge in [-0.05, 0) is 67.0 Å². The summed E-state index contributed by atoms with van der Waals surface area (Å²) in [4.78, 5) is 54.3. The molecule has 0 spiro atoms. The average molecular weight is 633 g/mol. The van der Waals surface area contributed by atoms with Gasteiger partial charge in [-0.15, -0.1) is 0 Å². The number of amides is 2. The first-order valence-electron chi connectivity index (χ1n) is 15.1. The van der Waals surface area contributed by atoms with Crippen LogP contribution in [-0.2, 0) is 9.47 Å². The zero-order chi connectivity index (χ0) is 33.1. The third kappa shape index (κ3) is 6.28. The van der Waals surface area contributed by atoms with E-state index in [0.717, 1.165) is 12.1 Å². The van der Waals surface area contributed by atoms with Crippen LogP contribution in [0.5, 0.6) is 11.8 Å². The fourth-order valence-electron chi connectivity index (χ4n) is 5.85. The van der Waals surface area contributed by atoms with E-state index < -0.39 is 29.2 Å². The molecule has 2 unspecified atom stereocenters. The summed E-state index contributed by atoms with van der Waals surface area (Å²) in [6.07, 6.45) is 3.12. The van der Waals surface area contributed by atoms with Gasteiger partial charge in [-0.25, -0.2) is 23.9 Å². The standard InChI is InChI=1S/C32H37FN8O5/c1-16-34-13-20(14-35-16)44-28-38-26-24(21-10-18(33)11-23(25(21)37-26)40(8)30(43)46-32(5,6)7)27(39-28)41-15-17-9-19(41)12-22(17)36-29(42)45-31(2,3)4/h10-11,13-14,17,19H,9,12,15H2,1-8H3,(H,37,38,39). The van der Waals surface area contributed by atoms with Crippen LogP contribution in [0.15, 0.2) is 29.5 Å². The number of carbonyl (C=O) groups is 2. The van der Waals surface area contributed by atoms with Crippen LogP contribution >= 0.6 is 0 Å². The molecule has 3 aromatic heterocycles. The molecule has 242 valence electrons. The molecule has 1 aliphatic carbocycles. The number of aliphatic imine (C=N–C) groups is 1. The van der Waals surface area contributed by atoms with E-state index in [1.54, 1.807) is 48.5 Å². The van der Waals surface area contributed by atoms with Crippen molar-refractivity contribution in [3.8, 4) is 11.8 Å². The molecular weight excluding hydrogens is 595 g/mol. The normalized spacial score (nSPS) is 18.9. The molecular formula is C32H37FN8O5. The first kappa shape index (κ1) is 31.1. The lowest BCUT2D eigenvalue weighted by atomic mass is 10.1. The van der Waals surface area contributed by atoms with Gasteiger partial charge in [-0.3, -0.25) is 4.90 Å². The lowest BCUT2D eigenvalue weighted by Crippen LogP contribution is -2.37. The van der Waals surface area contributed by atoms with Crippen molar-refractivity contribution >= 4 is 51.3 Å². The van der Waals surface area contributed by atoms with E-state index in [0.29, 0.717) is 52.3 Å². The van der Waals surface area contributed by atoms with Crippen molar-refractivity contribution in [3.63, 3.8) is 0 Å². The van der Waals surface area contributed by atoms with Crippen LogP contribution in [0.3, 0.4) is 0 Å². The quantitative estimate of drug-likeness (QED) is 0.265. The minimum Gasteiger partial charge on any atom is -0.443 e. The molecule has 6 rings (SSSR count). The Labute approximate surface area is 265 Å². The van der Waals surface area contributed by atoms with E-state index in [4.69, 9.17) is 19.2 Å². The van der Waals surface area contributed by atoms with Gasteiger partial charge in [0, 0.05) is 43.1 Å². The summed E-state index contributed by atoms with van der Waals surface area (Å²) in [7, 11) is 1.53. The fourth-order valence-corrected chi connectivity index (χ4v) is 5.85. The molecule has 2 atom stereocenters. The highest BCUT2D eigenvalue weighted by Gasteiger charge is 2.44. The maximum Gasteiger partial charge on any atom is 0.434 e. The van der Waals surface area contributed by atoms with E-state index in [9.17, 15) is 9.59 Å². The van der Waals surface area contributed by atoms with Crippen LogP contribution in [0.1, 0.15) is 60.2 Å². The Balaban J connectivity index is 1.44. The number of hydrogen-bond donors (Lipinski definition) is 1. The van der Waals surface area contributed by atoms with Gasteiger partial charge < -0.3 is 24.1 Å². The number of aromatic nitrogens is 5. The van der Waals surface area contributed by atoms with E-state index >= 15 is 4.39 Å². The molecule has 2 fully saturated rings. The number of fused-ring (bicyclic) bond motifs is 5. The van der Waals surface area contributed by atoms with Crippen molar-refractivity contribution in [1.29, 1.82) is 0 Å². The van der Waals surface area contributed by atoms with E-state index in [-0.39, 0.29) is 23.7 Å². The molecule has 2 amide bonds. The predicted octanol–water partition coefficient (Wildman–Crippen LogP) is 6.49. The van der Waals surface area contributed by atoms with Crippen molar-refractivity contribution in [1.82, 2.24) is 24.9 Å². The Hall–Kier alpha value is -4.88. The van der Waals surface area contributed by atoms with Crippen LogP contribution in [0.25, 0.3) is 21.9 Å². The van der Waals surface area contributed by atoms with Gasteiger partial charge in [0.1, 0.15) is 34.3 Å². The first-order valence-corrected chi connectivity index (χ1v) is 15.1. The third-order valence-corrected chi connectivity index (χ3v) is 7.69. The first-order chi connectivity index (χ1) is 21.5. The number of aromatic amines is 1. The highest BCUT2D eigenvalue weighted by molar-refractivity contribution is 6.16. The number of piperidine rings is 1. The van der Waals surface area contributed by atoms with Crippen LogP contribution in [0.2, 0.25) is 0 Å². The summed E-state index contributed by atoms with van der Waals surface area (Å²) in [6.45, 7) is 13.0. The summed E-state index contributed by atoms with van der Waals surface area (Å²) in [5.74, 6) is 0.920. The molecule has 0 radical (unpaired) electrons. The molecule has 46 heavy (non-hydrogen) atoms. The Bertz CT molecular complexity index is 1880. The summed E-state index contributed by atoms with van der Waals surface area (Å²) < 4.78 is 32.2. The molecule has 1 aromatic carbocycles. The number of carbonyl (C=O) groups excluding carboxylic acids is 2. The number of ether oxygens (including phenoxy) is 3. The maximum atomic E-state index is 15.3. The molecule has 2 bridgehead atoms. The second-order valence-corrected chi connectivity index (χ2v) is 13.7. The van der Waals surface area contributed by atoms with Gasteiger partial charge in [0.25, 0.3) is 0 Å². The van der Waals surface area contributed by atoms with Crippen LogP contribution in [-0.4, -0.2) is 73.7 Å². The smallest absolute Gasteiger partial charge is 0.434 e. The second kappa shape index (κ2) is 11.2. The molecule has 4 aromatic rings.